The molecule has 0 saturated carbocycles. The van der Waals surface area contributed by atoms with Crippen LogP contribution >= 0.6 is 0 Å². The molecule has 0 bridgehead atoms. The predicted molar refractivity (Wildman–Crippen MR) is 82.2 cm³/mol. The van der Waals surface area contributed by atoms with Gasteiger partial charge in [0.2, 0.25) is 0 Å². The van der Waals surface area contributed by atoms with Gasteiger partial charge in [0.1, 0.15) is 11.9 Å². The number of fused-ring (bicyclic) bond motifs is 1. The number of ether oxygens (including phenoxy) is 1. The summed E-state index contributed by atoms with van der Waals surface area (Å²) in [7, 11) is 0. The van der Waals surface area contributed by atoms with Crippen molar-refractivity contribution in [3.63, 3.8) is 0 Å². The molecule has 2 aromatic rings. The zero-order valence-electron chi connectivity index (χ0n) is 12.1. The van der Waals surface area contributed by atoms with Gasteiger partial charge in [-0.05, 0) is 31.0 Å². The van der Waals surface area contributed by atoms with E-state index < -0.39 is 0 Å². The fourth-order valence-corrected chi connectivity index (χ4v) is 2.73. The van der Waals surface area contributed by atoms with Crippen molar-refractivity contribution in [2.45, 2.75) is 32.4 Å². The Morgan fingerprint density at radius 3 is 2.80 bits per heavy atom. The molecule has 20 heavy (non-hydrogen) atoms. The molecule has 1 N–H and O–H groups in total. The van der Waals surface area contributed by atoms with E-state index >= 15 is 0 Å². The molecule has 2 unspecified atom stereocenters. The Balaban J connectivity index is 1.56. The molecule has 1 heterocycles. The lowest BCUT2D eigenvalue weighted by molar-refractivity contribution is 0.222. The lowest BCUT2D eigenvalue weighted by Crippen LogP contribution is -2.31. The third kappa shape index (κ3) is 2.86. The van der Waals surface area contributed by atoms with Crippen LogP contribution in [0.4, 0.5) is 0 Å². The van der Waals surface area contributed by atoms with Gasteiger partial charge in [-0.3, -0.25) is 0 Å². The van der Waals surface area contributed by atoms with Crippen molar-refractivity contribution in [1.29, 1.82) is 0 Å². The summed E-state index contributed by atoms with van der Waals surface area (Å²) in [5.41, 5.74) is 3.96. The summed E-state index contributed by atoms with van der Waals surface area (Å²) in [6.45, 7) is 5.20. The standard InChI is InChI=1S/C18H21NO/c1-13-8-9-18-16(10-13)11-17(20-18)12-19-14(2)15-6-4-3-5-7-15/h3-10,14,17,19H,11-12H2,1-2H3. The van der Waals surface area contributed by atoms with Crippen LogP contribution in [0.2, 0.25) is 0 Å². The normalized spacial score (nSPS) is 18.4. The van der Waals surface area contributed by atoms with Gasteiger partial charge in [0.25, 0.3) is 0 Å². The summed E-state index contributed by atoms with van der Waals surface area (Å²) in [6, 6.07) is 17.3. The first-order valence-corrected chi connectivity index (χ1v) is 7.27. The molecule has 2 nitrogen and oxygen atoms in total. The minimum atomic E-state index is 0.248. The Morgan fingerprint density at radius 2 is 2.00 bits per heavy atom. The van der Waals surface area contributed by atoms with Crippen LogP contribution in [-0.4, -0.2) is 12.6 Å². The summed E-state index contributed by atoms with van der Waals surface area (Å²) >= 11 is 0. The second kappa shape index (κ2) is 5.68. The molecule has 0 spiro atoms. The molecule has 0 fully saturated rings. The van der Waals surface area contributed by atoms with Crippen LogP contribution in [0.3, 0.4) is 0 Å². The van der Waals surface area contributed by atoms with E-state index in [1.54, 1.807) is 0 Å². The van der Waals surface area contributed by atoms with Gasteiger partial charge in [-0.25, -0.2) is 0 Å². The van der Waals surface area contributed by atoms with E-state index in [9.17, 15) is 0 Å². The quantitative estimate of drug-likeness (QED) is 0.913. The molecule has 2 heteroatoms. The van der Waals surface area contributed by atoms with E-state index in [4.69, 9.17) is 4.74 Å². The Kier molecular flexibility index (Phi) is 3.75. The zero-order valence-corrected chi connectivity index (χ0v) is 12.1. The minimum absolute atomic E-state index is 0.248. The van der Waals surface area contributed by atoms with E-state index in [0.29, 0.717) is 6.04 Å². The smallest absolute Gasteiger partial charge is 0.123 e. The molecule has 3 rings (SSSR count). The van der Waals surface area contributed by atoms with Gasteiger partial charge in [-0.15, -0.1) is 0 Å². The largest absolute Gasteiger partial charge is 0.488 e. The van der Waals surface area contributed by atoms with Gasteiger partial charge < -0.3 is 10.1 Å². The third-order valence-electron chi connectivity index (χ3n) is 3.91. The van der Waals surface area contributed by atoms with Gasteiger partial charge in [0, 0.05) is 19.0 Å². The van der Waals surface area contributed by atoms with Crippen LogP contribution in [0.5, 0.6) is 5.75 Å². The van der Waals surface area contributed by atoms with Crippen LogP contribution in [0.1, 0.15) is 29.7 Å². The molecular weight excluding hydrogens is 246 g/mol. The average molecular weight is 267 g/mol. The maximum atomic E-state index is 5.99. The van der Waals surface area contributed by atoms with E-state index in [0.717, 1.165) is 18.7 Å². The first-order chi connectivity index (χ1) is 9.72. The summed E-state index contributed by atoms with van der Waals surface area (Å²) in [5, 5.41) is 3.57. The molecule has 2 atom stereocenters. The summed E-state index contributed by atoms with van der Waals surface area (Å²) in [6.07, 6.45) is 1.25. The molecule has 0 radical (unpaired) electrons. The predicted octanol–water partition coefficient (Wildman–Crippen LogP) is 3.65. The second-order valence-electron chi connectivity index (χ2n) is 5.60. The van der Waals surface area contributed by atoms with Crippen molar-refractivity contribution in [3.8, 4) is 5.75 Å². The first kappa shape index (κ1) is 13.2. The number of benzene rings is 2. The fraction of sp³-hybridized carbons (Fsp3) is 0.333. The molecule has 0 aliphatic carbocycles. The highest BCUT2D eigenvalue weighted by Crippen LogP contribution is 2.29. The Morgan fingerprint density at radius 1 is 1.20 bits per heavy atom. The molecular formula is C18H21NO. The Bertz CT molecular complexity index is 579. The number of aryl methyl sites for hydroxylation is 1. The van der Waals surface area contributed by atoms with Crippen molar-refractivity contribution < 1.29 is 4.74 Å². The van der Waals surface area contributed by atoms with Crippen LogP contribution in [0, 0.1) is 6.92 Å². The molecule has 0 aromatic heterocycles. The van der Waals surface area contributed by atoms with Crippen molar-refractivity contribution >= 4 is 0 Å². The highest BCUT2D eigenvalue weighted by Gasteiger charge is 2.23. The molecule has 0 saturated heterocycles. The Labute approximate surface area is 120 Å². The zero-order chi connectivity index (χ0) is 13.9. The summed E-state index contributed by atoms with van der Waals surface area (Å²) < 4.78 is 5.99. The van der Waals surface area contributed by atoms with Crippen molar-refractivity contribution in [3.05, 3.63) is 65.2 Å². The van der Waals surface area contributed by atoms with Gasteiger partial charge in [0.05, 0.1) is 0 Å². The van der Waals surface area contributed by atoms with E-state index in [1.165, 1.54) is 16.7 Å². The molecule has 2 aromatic carbocycles. The van der Waals surface area contributed by atoms with Crippen LogP contribution in [-0.2, 0) is 6.42 Å². The average Bonchev–Trinajstić information content (AvgIpc) is 2.87. The third-order valence-corrected chi connectivity index (χ3v) is 3.91. The monoisotopic (exact) mass is 267 g/mol. The number of hydrogen-bond donors (Lipinski definition) is 1. The number of nitrogens with one attached hydrogen (secondary N) is 1. The molecule has 0 amide bonds. The second-order valence-corrected chi connectivity index (χ2v) is 5.60. The van der Waals surface area contributed by atoms with Crippen molar-refractivity contribution in [2.75, 3.05) is 6.54 Å². The topological polar surface area (TPSA) is 21.3 Å². The minimum Gasteiger partial charge on any atom is -0.488 e. The summed E-state index contributed by atoms with van der Waals surface area (Å²) in [5.74, 6) is 1.05. The van der Waals surface area contributed by atoms with E-state index in [2.05, 4.69) is 67.7 Å². The number of hydrogen-bond acceptors (Lipinski definition) is 2. The van der Waals surface area contributed by atoms with Gasteiger partial charge in [-0.1, -0.05) is 48.0 Å². The fourth-order valence-electron chi connectivity index (χ4n) is 2.73. The number of rotatable bonds is 4. The van der Waals surface area contributed by atoms with Gasteiger partial charge >= 0.3 is 0 Å². The highest BCUT2D eigenvalue weighted by molar-refractivity contribution is 5.40. The lowest BCUT2D eigenvalue weighted by Gasteiger charge is -2.17. The van der Waals surface area contributed by atoms with Gasteiger partial charge in [-0.2, -0.15) is 0 Å². The first-order valence-electron chi connectivity index (χ1n) is 7.27. The van der Waals surface area contributed by atoms with Crippen LogP contribution in [0.25, 0.3) is 0 Å². The maximum absolute atomic E-state index is 5.99. The molecule has 1 aliphatic rings. The van der Waals surface area contributed by atoms with Crippen LogP contribution < -0.4 is 10.1 Å². The van der Waals surface area contributed by atoms with Crippen molar-refractivity contribution in [2.24, 2.45) is 0 Å². The lowest BCUT2D eigenvalue weighted by atomic mass is 10.1. The van der Waals surface area contributed by atoms with E-state index in [1.807, 2.05) is 0 Å². The van der Waals surface area contributed by atoms with Crippen LogP contribution in [0.15, 0.2) is 48.5 Å². The van der Waals surface area contributed by atoms with E-state index in [-0.39, 0.29) is 6.10 Å². The highest BCUT2D eigenvalue weighted by atomic mass is 16.5. The Hall–Kier alpha value is -1.80. The van der Waals surface area contributed by atoms with Crippen molar-refractivity contribution in [1.82, 2.24) is 5.32 Å². The maximum Gasteiger partial charge on any atom is 0.123 e. The molecule has 104 valence electrons. The SMILES string of the molecule is Cc1ccc2c(c1)CC(CNC(C)c1ccccc1)O2. The van der Waals surface area contributed by atoms with Gasteiger partial charge in [0.15, 0.2) is 0 Å². The molecule has 1 aliphatic heterocycles. The summed E-state index contributed by atoms with van der Waals surface area (Å²) in [4.78, 5) is 0.